The number of rotatable bonds is 3. The second-order valence-electron chi connectivity index (χ2n) is 2.69. The number of alkyl halides is 3. The van der Waals surface area contributed by atoms with Gasteiger partial charge in [-0.3, -0.25) is 0 Å². The fourth-order valence-electron chi connectivity index (χ4n) is 1.01. The van der Waals surface area contributed by atoms with Crippen LogP contribution in [0.25, 0.3) is 0 Å². The highest BCUT2D eigenvalue weighted by Gasteiger charge is 2.31. The fraction of sp³-hybridized carbons (Fsp3) is 0.333. The van der Waals surface area contributed by atoms with E-state index < -0.39 is 5.51 Å². The van der Waals surface area contributed by atoms with Gasteiger partial charge in [-0.1, -0.05) is 0 Å². The Labute approximate surface area is 109 Å². The molecule has 0 aliphatic carbocycles. The molecule has 0 amide bonds. The highest BCUT2D eigenvalue weighted by atomic mass is 127. The van der Waals surface area contributed by atoms with E-state index >= 15 is 0 Å². The third-order valence-corrected chi connectivity index (χ3v) is 3.91. The van der Waals surface area contributed by atoms with Crippen LogP contribution in [-0.4, -0.2) is 19.7 Å². The molecule has 1 rings (SSSR count). The van der Waals surface area contributed by atoms with Crippen molar-refractivity contribution in [3.8, 4) is 11.5 Å². The SMILES string of the molecule is COc1cc(OC)c(I)c(SC(F)(F)F)c1. The molecule has 0 aliphatic heterocycles. The molecule has 0 saturated carbocycles. The lowest BCUT2D eigenvalue weighted by Gasteiger charge is -2.12. The first-order valence-electron chi connectivity index (χ1n) is 4.04. The Morgan fingerprint density at radius 1 is 1.19 bits per heavy atom. The van der Waals surface area contributed by atoms with E-state index in [9.17, 15) is 13.2 Å². The smallest absolute Gasteiger partial charge is 0.446 e. The molecule has 90 valence electrons. The Bertz CT molecular complexity index is 382. The Morgan fingerprint density at radius 3 is 2.25 bits per heavy atom. The van der Waals surface area contributed by atoms with Crippen LogP contribution in [0.4, 0.5) is 13.2 Å². The van der Waals surface area contributed by atoms with E-state index in [1.807, 2.05) is 22.6 Å². The Morgan fingerprint density at radius 2 is 1.81 bits per heavy atom. The van der Waals surface area contributed by atoms with Gasteiger partial charge in [-0.25, -0.2) is 0 Å². The summed E-state index contributed by atoms with van der Waals surface area (Å²) in [4.78, 5) is 0.0734. The minimum absolute atomic E-state index is 0.0734. The summed E-state index contributed by atoms with van der Waals surface area (Å²) in [5, 5.41) is 0. The third kappa shape index (κ3) is 3.62. The molecule has 0 spiro atoms. The number of methoxy groups -OCH3 is 2. The monoisotopic (exact) mass is 364 g/mol. The van der Waals surface area contributed by atoms with Gasteiger partial charge in [-0.15, -0.1) is 0 Å². The summed E-state index contributed by atoms with van der Waals surface area (Å²) in [5.41, 5.74) is -4.32. The summed E-state index contributed by atoms with van der Waals surface area (Å²) in [6, 6.07) is 2.88. The van der Waals surface area contributed by atoms with Crippen molar-refractivity contribution < 1.29 is 22.6 Å². The van der Waals surface area contributed by atoms with Crippen molar-refractivity contribution in [2.75, 3.05) is 14.2 Å². The van der Waals surface area contributed by atoms with Crippen LogP contribution in [-0.2, 0) is 0 Å². The largest absolute Gasteiger partial charge is 0.497 e. The van der Waals surface area contributed by atoms with E-state index in [0.29, 0.717) is 15.1 Å². The van der Waals surface area contributed by atoms with Gasteiger partial charge in [0.15, 0.2) is 0 Å². The van der Waals surface area contributed by atoms with Crippen LogP contribution in [0, 0.1) is 3.57 Å². The highest BCUT2D eigenvalue weighted by molar-refractivity contribution is 14.1. The molecule has 7 heteroatoms. The lowest BCUT2D eigenvalue weighted by molar-refractivity contribution is -0.0328. The van der Waals surface area contributed by atoms with Crippen LogP contribution in [0.15, 0.2) is 17.0 Å². The molecule has 0 aliphatic rings. The van der Waals surface area contributed by atoms with Crippen molar-refractivity contribution in [2.24, 2.45) is 0 Å². The number of halogens is 4. The maximum atomic E-state index is 12.3. The molecule has 0 fully saturated rings. The van der Waals surface area contributed by atoms with E-state index in [-0.39, 0.29) is 16.7 Å². The molecule has 1 aromatic carbocycles. The summed E-state index contributed by atoms with van der Waals surface area (Å²) < 4.78 is 47.1. The number of hydrogen-bond donors (Lipinski definition) is 0. The van der Waals surface area contributed by atoms with Crippen molar-refractivity contribution in [1.82, 2.24) is 0 Å². The molecule has 0 bridgehead atoms. The molecule has 0 unspecified atom stereocenters. The van der Waals surface area contributed by atoms with E-state index in [2.05, 4.69) is 0 Å². The van der Waals surface area contributed by atoms with Gasteiger partial charge in [-0.2, -0.15) is 13.2 Å². The average molecular weight is 364 g/mol. The predicted octanol–water partition coefficient (Wildman–Crippen LogP) is 3.92. The maximum Gasteiger partial charge on any atom is 0.446 e. The van der Waals surface area contributed by atoms with Crippen molar-refractivity contribution in [2.45, 2.75) is 10.4 Å². The van der Waals surface area contributed by atoms with Crippen molar-refractivity contribution in [3.05, 3.63) is 15.7 Å². The summed E-state index contributed by atoms with van der Waals surface area (Å²) in [7, 11) is 2.79. The molecule has 0 aromatic heterocycles. The first-order chi connectivity index (χ1) is 7.37. The van der Waals surface area contributed by atoms with E-state index in [1.165, 1.54) is 20.3 Å². The number of hydrogen-bond acceptors (Lipinski definition) is 3. The second-order valence-corrected chi connectivity index (χ2v) is 4.88. The molecule has 0 heterocycles. The topological polar surface area (TPSA) is 18.5 Å². The van der Waals surface area contributed by atoms with Crippen LogP contribution in [0.1, 0.15) is 0 Å². The van der Waals surface area contributed by atoms with Gasteiger partial charge in [-0.05, 0) is 40.4 Å². The zero-order chi connectivity index (χ0) is 12.3. The van der Waals surface area contributed by atoms with Gasteiger partial charge in [0, 0.05) is 11.0 Å². The maximum absolute atomic E-state index is 12.3. The molecular weight excluding hydrogens is 356 g/mol. The summed E-state index contributed by atoms with van der Waals surface area (Å²) in [6.07, 6.45) is 0. The summed E-state index contributed by atoms with van der Waals surface area (Å²) in [6.45, 7) is 0. The molecular formula is C9H8F3IO2S. The van der Waals surface area contributed by atoms with Gasteiger partial charge in [0.05, 0.1) is 17.8 Å². The minimum Gasteiger partial charge on any atom is -0.497 e. The van der Waals surface area contributed by atoms with Crippen LogP contribution < -0.4 is 9.47 Å². The van der Waals surface area contributed by atoms with Crippen molar-refractivity contribution >= 4 is 34.4 Å². The van der Waals surface area contributed by atoms with Crippen molar-refractivity contribution in [1.29, 1.82) is 0 Å². The first-order valence-corrected chi connectivity index (χ1v) is 5.94. The van der Waals surface area contributed by atoms with Crippen LogP contribution in [0.3, 0.4) is 0 Å². The van der Waals surface area contributed by atoms with E-state index in [1.54, 1.807) is 6.07 Å². The van der Waals surface area contributed by atoms with Gasteiger partial charge < -0.3 is 9.47 Å². The minimum atomic E-state index is -4.32. The van der Waals surface area contributed by atoms with Crippen LogP contribution in [0.2, 0.25) is 0 Å². The van der Waals surface area contributed by atoms with Crippen LogP contribution >= 0.6 is 34.4 Å². The standard InChI is InChI=1S/C9H8F3IO2S/c1-14-5-3-6(15-2)8(13)7(4-5)16-9(10,11)12/h3-4H,1-2H3. The van der Waals surface area contributed by atoms with Gasteiger partial charge in [0.1, 0.15) is 11.5 Å². The zero-order valence-corrected chi connectivity index (χ0v) is 11.4. The second kappa shape index (κ2) is 5.35. The average Bonchev–Trinajstić information content (AvgIpc) is 2.19. The summed E-state index contributed by atoms with van der Waals surface area (Å²) >= 11 is 1.63. The lowest BCUT2D eigenvalue weighted by Crippen LogP contribution is -2.01. The normalized spacial score (nSPS) is 11.4. The van der Waals surface area contributed by atoms with Crippen LogP contribution in [0.5, 0.6) is 11.5 Å². The van der Waals surface area contributed by atoms with Crippen molar-refractivity contribution in [3.63, 3.8) is 0 Å². The van der Waals surface area contributed by atoms with Gasteiger partial charge in [0.25, 0.3) is 0 Å². The number of thioether (sulfide) groups is 1. The highest BCUT2D eigenvalue weighted by Crippen LogP contribution is 2.43. The Balaban J connectivity index is 3.16. The lowest BCUT2D eigenvalue weighted by atomic mass is 10.3. The quantitative estimate of drug-likeness (QED) is 0.599. The molecule has 0 saturated heterocycles. The Hall–Kier alpha value is -0.310. The number of ether oxygens (including phenoxy) is 2. The third-order valence-electron chi connectivity index (χ3n) is 1.66. The van der Waals surface area contributed by atoms with Gasteiger partial charge in [0.2, 0.25) is 0 Å². The molecule has 0 atom stereocenters. The molecule has 16 heavy (non-hydrogen) atoms. The Kier molecular flexibility index (Phi) is 4.60. The van der Waals surface area contributed by atoms with E-state index in [0.717, 1.165) is 0 Å². The molecule has 0 N–H and O–H groups in total. The number of benzene rings is 1. The molecule has 2 nitrogen and oxygen atoms in total. The predicted molar refractivity (Wildman–Crippen MR) is 64.2 cm³/mol. The first kappa shape index (κ1) is 13.8. The van der Waals surface area contributed by atoms with Gasteiger partial charge >= 0.3 is 5.51 Å². The molecule has 0 radical (unpaired) electrons. The molecule has 1 aromatic rings. The summed E-state index contributed by atoms with van der Waals surface area (Å²) in [5.74, 6) is 0.704. The fourth-order valence-corrected chi connectivity index (χ4v) is 2.49. The zero-order valence-electron chi connectivity index (χ0n) is 8.39. The van der Waals surface area contributed by atoms with E-state index in [4.69, 9.17) is 9.47 Å².